The van der Waals surface area contributed by atoms with Crippen molar-refractivity contribution in [3.8, 4) is 0 Å². The van der Waals surface area contributed by atoms with E-state index in [9.17, 15) is 4.79 Å². The van der Waals surface area contributed by atoms with Crippen molar-refractivity contribution in [3.63, 3.8) is 0 Å². The second-order valence-corrected chi connectivity index (χ2v) is 6.45. The molecule has 2 aliphatic heterocycles. The molecular formula is C18H27N3O2. The predicted molar refractivity (Wildman–Crippen MR) is 90.8 cm³/mol. The Kier molecular flexibility index (Phi) is 5.65. The molecule has 0 bridgehead atoms. The van der Waals surface area contributed by atoms with Crippen molar-refractivity contribution in [2.75, 3.05) is 65.6 Å². The molecule has 2 saturated heterocycles. The van der Waals surface area contributed by atoms with Gasteiger partial charge in [-0.3, -0.25) is 14.6 Å². The molecule has 3 rings (SSSR count). The number of amides is 1. The van der Waals surface area contributed by atoms with Gasteiger partial charge in [-0.05, 0) is 19.1 Å². The Bertz CT molecular complexity index is 504. The Morgan fingerprint density at radius 2 is 1.48 bits per heavy atom. The number of hydrogen-bond donors (Lipinski definition) is 0. The van der Waals surface area contributed by atoms with Crippen LogP contribution in [0.15, 0.2) is 24.3 Å². The fraction of sp³-hybridized carbons (Fsp3) is 0.611. The summed E-state index contributed by atoms with van der Waals surface area (Å²) < 4.78 is 5.38. The van der Waals surface area contributed by atoms with Gasteiger partial charge in [0.2, 0.25) is 0 Å². The average Bonchev–Trinajstić information content (AvgIpc) is 2.61. The number of carbonyl (C=O) groups excluding carboxylic acids is 1. The number of benzene rings is 1. The SMILES string of the molecule is Cc1ccc(C(=O)N2CCN(CCN3CCOCC3)CC2)cc1. The van der Waals surface area contributed by atoms with E-state index in [1.165, 1.54) is 5.56 Å². The summed E-state index contributed by atoms with van der Waals surface area (Å²) in [6.07, 6.45) is 0. The molecule has 0 aromatic heterocycles. The van der Waals surface area contributed by atoms with Gasteiger partial charge < -0.3 is 9.64 Å². The summed E-state index contributed by atoms with van der Waals surface area (Å²) in [6, 6.07) is 7.88. The van der Waals surface area contributed by atoms with Crippen molar-refractivity contribution < 1.29 is 9.53 Å². The summed E-state index contributed by atoms with van der Waals surface area (Å²) in [7, 11) is 0. The largest absolute Gasteiger partial charge is 0.379 e. The third-order valence-electron chi connectivity index (χ3n) is 4.79. The van der Waals surface area contributed by atoms with Gasteiger partial charge in [-0.1, -0.05) is 17.7 Å². The van der Waals surface area contributed by atoms with Crippen LogP contribution >= 0.6 is 0 Å². The zero-order chi connectivity index (χ0) is 16.1. The number of piperazine rings is 1. The van der Waals surface area contributed by atoms with E-state index in [2.05, 4.69) is 9.80 Å². The maximum atomic E-state index is 12.5. The van der Waals surface area contributed by atoms with Crippen molar-refractivity contribution >= 4 is 5.91 Å². The highest BCUT2D eigenvalue weighted by Crippen LogP contribution is 2.10. The number of morpholine rings is 1. The lowest BCUT2D eigenvalue weighted by molar-refractivity contribution is 0.0293. The van der Waals surface area contributed by atoms with Crippen LogP contribution in [0.4, 0.5) is 0 Å². The third-order valence-corrected chi connectivity index (χ3v) is 4.79. The Morgan fingerprint density at radius 1 is 0.913 bits per heavy atom. The minimum atomic E-state index is 0.165. The fourth-order valence-corrected chi connectivity index (χ4v) is 3.16. The highest BCUT2D eigenvalue weighted by atomic mass is 16.5. The summed E-state index contributed by atoms with van der Waals surface area (Å²) in [4.78, 5) is 19.4. The lowest BCUT2D eigenvalue weighted by atomic mass is 10.1. The normalized spacial score (nSPS) is 20.7. The fourth-order valence-electron chi connectivity index (χ4n) is 3.16. The standard InChI is InChI=1S/C18H27N3O2/c1-16-2-4-17(5-3-16)18(22)21-10-8-19(9-11-21)6-7-20-12-14-23-15-13-20/h2-5H,6-15H2,1H3. The zero-order valence-electron chi connectivity index (χ0n) is 14.0. The maximum absolute atomic E-state index is 12.5. The first-order valence-electron chi connectivity index (χ1n) is 8.61. The van der Waals surface area contributed by atoms with Crippen LogP contribution in [0, 0.1) is 6.92 Å². The van der Waals surface area contributed by atoms with Crippen molar-refractivity contribution in [3.05, 3.63) is 35.4 Å². The highest BCUT2D eigenvalue weighted by Gasteiger charge is 2.22. The Morgan fingerprint density at radius 3 is 2.09 bits per heavy atom. The molecule has 2 fully saturated rings. The number of carbonyl (C=O) groups is 1. The van der Waals surface area contributed by atoms with E-state index in [-0.39, 0.29) is 5.91 Å². The van der Waals surface area contributed by atoms with Crippen LogP contribution in [-0.2, 0) is 4.74 Å². The Balaban J connectivity index is 1.42. The smallest absolute Gasteiger partial charge is 0.253 e. The quantitative estimate of drug-likeness (QED) is 0.833. The first-order valence-corrected chi connectivity index (χ1v) is 8.61. The Labute approximate surface area is 138 Å². The monoisotopic (exact) mass is 317 g/mol. The van der Waals surface area contributed by atoms with E-state index in [1.54, 1.807) is 0 Å². The number of nitrogens with zero attached hydrogens (tertiary/aromatic N) is 3. The van der Waals surface area contributed by atoms with Crippen LogP contribution in [0.3, 0.4) is 0 Å². The molecule has 0 atom stereocenters. The van der Waals surface area contributed by atoms with Gasteiger partial charge in [0.1, 0.15) is 0 Å². The summed E-state index contributed by atoms with van der Waals surface area (Å²) >= 11 is 0. The zero-order valence-corrected chi connectivity index (χ0v) is 14.0. The first-order chi connectivity index (χ1) is 11.2. The van der Waals surface area contributed by atoms with E-state index >= 15 is 0 Å². The molecule has 1 aromatic carbocycles. The maximum Gasteiger partial charge on any atom is 0.253 e. The van der Waals surface area contributed by atoms with Crippen LogP contribution in [0.25, 0.3) is 0 Å². The molecule has 5 nitrogen and oxygen atoms in total. The second-order valence-electron chi connectivity index (χ2n) is 6.45. The lowest BCUT2D eigenvalue weighted by Crippen LogP contribution is -2.51. The van der Waals surface area contributed by atoms with Gasteiger partial charge in [-0.25, -0.2) is 0 Å². The summed E-state index contributed by atoms with van der Waals surface area (Å²) in [5.41, 5.74) is 1.99. The second kappa shape index (κ2) is 7.90. The van der Waals surface area contributed by atoms with Crippen LogP contribution in [0.5, 0.6) is 0 Å². The van der Waals surface area contributed by atoms with Crippen LogP contribution in [-0.4, -0.2) is 86.2 Å². The topological polar surface area (TPSA) is 36.0 Å². The third kappa shape index (κ3) is 4.53. The number of aryl methyl sites for hydroxylation is 1. The molecule has 0 saturated carbocycles. The molecule has 0 spiro atoms. The molecule has 2 aliphatic rings. The van der Waals surface area contributed by atoms with E-state index in [0.29, 0.717) is 0 Å². The summed E-state index contributed by atoms with van der Waals surface area (Å²) in [6.45, 7) is 11.7. The van der Waals surface area contributed by atoms with E-state index < -0.39 is 0 Å². The molecule has 126 valence electrons. The summed E-state index contributed by atoms with van der Waals surface area (Å²) in [5, 5.41) is 0. The molecule has 2 heterocycles. The van der Waals surface area contributed by atoms with Gasteiger partial charge in [0.25, 0.3) is 5.91 Å². The van der Waals surface area contributed by atoms with Gasteiger partial charge in [0, 0.05) is 57.9 Å². The molecule has 23 heavy (non-hydrogen) atoms. The van der Waals surface area contributed by atoms with Crippen molar-refractivity contribution in [2.45, 2.75) is 6.92 Å². The van der Waals surface area contributed by atoms with Crippen LogP contribution < -0.4 is 0 Å². The van der Waals surface area contributed by atoms with E-state index in [0.717, 1.165) is 71.1 Å². The minimum absolute atomic E-state index is 0.165. The van der Waals surface area contributed by atoms with E-state index in [4.69, 9.17) is 4.74 Å². The lowest BCUT2D eigenvalue weighted by Gasteiger charge is -2.36. The molecule has 1 aromatic rings. The molecule has 0 unspecified atom stereocenters. The highest BCUT2D eigenvalue weighted by molar-refractivity contribution is 5.94. The van der Waals surface area contributed by atoms with Crippen molar-refractivity contribution in [1.29, 1.82) is 0 Å². The van der Waals surface area contributed by atoms with Crippen LogP contribution in [0.1, 0.15) is 15.9 Å². The van der Waals surface area contributed by atoms with Crippen molar-refractivity contribution in [2.24, 2.45) is 0 Å². The molecule has 0 radical (unpaired) electrons. The van der Waals surface area contributed by atoms with Gasteiger partial charge in [0.15, 0.2) is 0 Å². The minimum Gasteiger partial charge on any atom is -0.379 e. The molecular weight excluding hydrogens is 290 g/mol. The number of ether oxygens (including phenoxy) is 1. The van der Waals surface area contributed by atoms with Gasteiger partial charge in [0.05, 0.1) is 13.2 Å². The molecule has 0 aliphatic carbocycles. The predicted octanol–water partition coefficient (Wildman–Crippen LogP) is 1.09. The summed E-state index contributed by atoms with van der Waals surface area (Å²) in [5.74, 6) is 0.165. The number of hydrogen-bond acceptors (Lipinski definition) is 4. The Hall–Kier alpha value is -1.43. The number of rotatable bonds is 4. The molecule has 1 amide bonds. The first kappa shape index (κ1) is 16.4. The van der Waals surface area contributed by atoms with Crippen LogP contribution in [0.2, 0.25) is 0 Å². The average molecular weight is 317 g/mol. The van der Waals surface area contributed by atoms with Gasteiger partial charge in [-0.2, -0.15) is 0 Å². The van der Waals surface area contributed by atoms with E-state index in [1.807, 2.05) is 36.1 Å². The molecule has 5 heteroatoms. The molecule has 0 N–H and O–H groups in total. The van der Waals surface area contributed by atoms with Gasteiger partial charge >= 0.3 is 0 Å². The van der Waals surface area contributed by atoms with Gasteiger partial charge in [-0.15, -0.1) is 0 Å². The van der Waals surface area contributed by atoms with Crippen molar-refractivity contribution in [1.82, 2.24) is 14.7 Å².